The van der Waals surface area contributed by atoms with E-state index in [9.17, 15) is 4.79 Å². The fourth-order valence-corrected chi connectivity index (χ4v) is 1.44. The van der Waals surface area contributed by atoms with Gasteiger partial charge in [-0.2, -0.15) is 0 Å². The molecule has 0 aromatic carbocycles. The van der Waals surface area contributed by atoms with Gasteiger partial charge in [0.15, 0.2) is 0 Å². The predicted octanol–water partition coefficient (Wildman–Crippen LogP) is -0.0620. The largest absolute Gasteiger partial charge is 0.389 e. The molecule has 0 unspecified atom stereocenters. The number of rotatable bonds is 7. The number of nitrogens with one attached hydrogen (secondary N) is 1. The SMILES string of the molecule is Cc1cc(C(N)=S)cc(NCCOCC(N)=O)n1. The topological polar surface area (TPSA) is 103 Å². The van der Waals surface area contributed by atoms with Crippen molar-refractivity contribution in [1.29, 1.82) is 0 Å². The van der Waals surface area contributed by atoms with Crippen molar-refractivity contribution >= 4 is 28.9 Å². The zero-order valence-electron chi connectivity index (χ0n) is 10.1. The minimum atomic E-state index is -0.487. The third-order valence-corrected chi connectivity index (χ3v) is 2.27. The summed E-state index contributed by atoms with van der Waals surface area (Å²) in [5, 5.41) is 3.05. The Kier molecular flexibility index (Phi) is 5.47. The summed E-state index contributed by atoms with van der Waals surface area (Å²) in [6.45, 7) is 2.65. The lowest BCUT2D eigenvalue weighted by Gasteiger charge is -2.08. The first kappa shape index (κ1) is 14.3. The molecule has 0 aliphatic carbocycles. The number of ether oxygens (including phenoxy) is 1. The molecular weight excluding hydrogens is 252 g/mol. The number of amides is 1. The molecule has 0 aliphatic heterocycles. The Morgan fingerprint density at radius 2 is 2.22 bits per heavy atom. The summed E-state index contributed by atoms with van der Waals surface area (Å²) < 4.78 is 5.01. The summed E-state index contributed by atoms with van der Waals surface area (Å²) in [4.78, 5) is 15.0. The second-order valence-corrected chi connectivity index (χ2v) is 4.13. The maximum absolute atomic E-state index is 10.4. The van der Waals surface area contributed by atoms with E-state index in [1.807, 2.05) is 13.0 Å². The molecule has 5 N–H and O–H groups in total. The minimum Gasteiger partial charge on any atom is -0.389 e. The summed E-state index contributed by atoms with van der Waals surface area (Å²) in [7, 11) is 0. The number of nitrogens with zero attached hydrogens (tertiary/aromatic N) is 1. The van der Waals surface area contributed by atoms with Crippen molar-refractivity contribution in [2.24, 2.45) is 11.5 Å². The Morgan fingerprint density at radius 3 is 2.83 bits per heavy atom. The zero-order valence-corrected chi connectivity index (χ0v) is 10.9. The molecule has 0 bridgehead atoms. The molecule has 18 heavy (non-hydrogen) atoms. The fourth-order valence-electron chi connectivity index (χ4n) is 1.33. The van der Waals surface area contributed by atoms with Gasteiger partial charge < -0.3 is 21.5 Å². The summed E-state index contributed by atoms with van der Waals surface area (Å²) in [5.41, 5.74) is 12.1. The van der Waals surface area contributed by atoms with Gasteiger partial charge in [-0.3, -0.25) is 4.79 Å². The molecular formula is C11H16N4O2S. The molecule has 6 nitrogen and oxygen atoms in total. The molecule has 0 atom stereocenters. The van der Waals surface area contributed by atoms with Crippen LogP contribution in [0.25, 0.3) is 0 Å². The average molecular weight is 268 g/mol. The smallest absolute Gasteiger partial charge is 0.243 e. The van der Waals surface area contributed by atoms with Crippen LogP contribution >= 0.6 is 12.2 Å². The van der Waals surface area contributed by atoms with Gasteiger partial charge >= 0.3 is 0 Å². The first-order valence-electron chi connectivity index (χ1n) is 5.37. The van der Waals surface area contributed by atoms with Crippen molar-refractivity contribution in [1.82, 2.24) is 4.98 Å². The van der Waals surface area contributed by atoms with Crippen molar-refractivity contribution in [2.75, 3.05) is 25.1 Å². The monoisotopic (exact) mass is 268 g/mol. The van der Waals surface area contributed by atoms with Crippen LogP contribution < -0.4 is 16.8 Å². The van der Waals surface area contributed by atoms with Crippen LogP contribution in [-0.4, -0.2) is 35.6 Å². The van der Waals surface area contributed by atoms with Crippen molar-refractivity contribution in [3.8, 4) is 0 Å². The van der Waals surface area contributed by atoms with Crippen molar-refractivity contribution in [3.05, 3.63) is 23.4 Å². The van der Waals surface area contributed by atoms with Gasteiger partial charge in [0.25, 0.3) is 0 Å². The highest BCUT2D eigenvalue weighted by Crippen LogP contribution is 2.09. The Bertz CT molecular complexity index is 451. The van der Waals surface area contributed by atoms with E-state index < -0.39 is 5.91 Å². The average Bonchev–Trinajstić information content (AvgIpc) is 2.27. The number of hydrogen-bond acceptors (Lipinski definition) is 5. The van der Waals surface area contributed by atoms with E-state index in [0.717, 1.165) is 11.3 Å². The highest BCUT2D eigenvalue weighted by atomic mass is 32.1. The first-order chi connectivity index (χ1) is 8.49. The highest BCUT2D eigenvalue weighted by Gasteiger charge is 2.02. The van der Waals surface area contributed by atoms with Crippen molar-refractivity contribution < 1.29 is 9.53 Å². The standard InChI is InChI=1S/C11H16N4O2S/c1-7-4-8(11(13)18)5-10(15-7)14-2-3-17-6-9(12)16/h4-5H,2-3,6H2,1H3,(H2,12,16)(H2,13,18)(H,14,15). The van der Waals surface area contributed by atoms with Crippen LogP contribution in [-0.2, 0) is 9.53 Å². The third-order valence-electron chi connectivity index (χ3n) is 2.03. The number of aromatic nitrogens is 1. The van der Waals surface area contributed by atoms with Crippen molar-refractivity contribution in [3.63, 3.8) is 0 Å². The summed E-state index contributed by atoms with van der Waals surface area (Å²) >= 11 is 4.91. The van der Waals surface area contributed by atoms with E-state index >= 15 is 0 Å². The fraction of sp³-hybridized carbons (Fsp3) is 0.364. The maximum atomic E-state index is 10.4. The van der Waals surface area contributed by atoms with Gasteiger partial charge in [-0.1, -0.05) is 12.2 Å². The van der Waals surface area contributed by atoms with Gasteiger partial charge in [-0.15, -0.1) is 0 Å². The van der Waals surface area contributed by atoms with E-state index in [1.54, 1.807) is 6.07 Å². The molecule has 1 aromatic rings. The second kappa shape index (κ2) is 6.87. The van der Waals surface area contributed by atoms with Gasteiger partial charge in [-0.05, 0) is 19.1 Å². The molecule has 1 amide bonds. The number of thiocarbonyl (C=S) groups is 1. The number of pyridine rings is 1. The van der Waals surface area contributed by atoms with Crippen LogP contribution in [0.5, 0.6) is 0 Å². The number of primary amides is 1. The van der Waals surface area contributed by atoms with Crippen LogP contribution in [0.1, 0.15) is 11.3 Å². The Hall–Kier alpha value is -1.73. The zero-order chi connectivity index (χ0) is 13.5. The number of anilines is 1. The molecule has 0 fully saturated rings. The van der Waals surface area contributed by atoms with Crippen LogP contribution in [0, 0.1) is 6.92 Å². The molecule has 0 spiro atoms. The lowest BCUT2D eigenvalue weighted by Crippen LogP contribution is -2.21. The van der Waals surface area contributed by atoms with Crippen LogP contribution in [0.4, 0.5) is 5.82 Å². The highest BCUT2D eigenvalue weighted by molar-refractivity contribution is 7.80. The number of carbonyl (C=O) groups excluding carboxylic acids is 1. The Labute approximate surface area is 111 Å². The van der Waals surface area contributed by atoms with E-state index in [0.29, 0.717) is 24.0 Å². The van der Waals surface area contributed by atoms with Crippen molar-refractivity contribution in [2.45, 2.75) is 6.92 Å². The number of carbonyl (C=O) groups is 1. The quantitative estimate of drug-likeness (QED) is 0.473. The van der Waals surface area contributed by atoms with Gasteiger partial charge in [0.05, 0.1) is 6.61 Å². The molecule has 1 aromatic heterocycles. The van der Waals surface area contributed by atoms with E-state index in [2.05, 4.69) is 10.3 Å². The number of nitrogens with two attached hydrogens (primary N) is 2. The molecule has 98 valence electrons. The van der Waals surface area contributed by atoms with E-state index in [-0.39, 0.29) is 6.61 Å². The third kappa shape index (κ3) is 5.07. The summed E-state index contributed by atoms with van der Waals surface area (Å²) in [6.07, 6.45) is 0. The van der Waals surface area contributed by atoms with Crippen LogP contribution in [0.3, 0.4) is 0 Å². The minimum absolute atomic E-state index is 0.0823. The van der Waals surface area contributed by atoms with E-state index in [4.69, 9.17) is 28.4 Å². The van der Waals surface area contributed by atoms with Gasteiger partial charge in [0.2, 0.25) is 5.91 Å². The lowest BCUT2D eigenvalue weighted by molar-refractivity contribution is -0.122. The Balaban J connectivity index is 2.47. The molecule has 0 saturated heterocycles. The maximum Gasteiger partial charge on any atom is 0.243 e. The summed E-state index contributed by atoms with van der Waals surface area (Å²) in [5.74, 6) is 0.180. The van der Waals surface area contributed by atoms with E-state index in [1.165, 1.54) is 0 Å². The van der Waals surface area contributed by atoms with Gasteiger partial charge in [0.1, 0.15) is 17.4 Å². The first-order valence-corrected chi connectivity index (χ1v) is 5.78. The molecule has 0 aliphatic rings. The molecule has 1 rings (SSSR count). The lowest BCUT2D eigenvalue weighted by atomic mass is 10.2. The molecule has 1 heterocycles. The Morgan fingerprint density at radius 1 is 1.50 bits per heavy atom. The summed E-state index contributed by atoms with van der Waals surface area (Å²) in [6, 6.07) is 3.58. The molecule has 7 heteroatoms. The predicted molar refractivity (Wildman–Crippen MR) is 73.4 cm³/mol. The second-order valence-electron chi connectivity index (χ2n) is 3.69. The normalized spacial score (nSPS) is 10.1. The number of hydrogen-bond donors (Lipinski definition) is 3. The molecule has 0 radical (unpaired) electrons. The molecule has 0 saturated carbocycles. The number of aryl methyl sites for hydroxylation is 1. The van der Waals surface area contributed by atoms with Crippen LogP contribution in [0.15, 0.2) is 12.1 Å². The van der Waals surface area contributed by atoms with Crippen LogP contribution in [0.2, 0.25) is 0 Å². The van der Waals surface area contributed by atoms with Gasteiger partial charge in [0, 0.05) is 17.8 Å². The van der Waals surface area contributed by atoms with Gasteiger partial charge in [-0.25, -0.2) is 4.98 Å².